The van der Waals surface area contributed by atoms with Gasteiger partial charge in [-0.25, -0.2) is 18.4 Å². The van der Waals surface area contributed by atoms with Gasteiger partial charge in [0.15, 0.2) is 11.6 Å². The molecule has 2 amide bonds. The molecule has 20 heteroatoms. The molecule has 16 nitrogen and oxygen atoms in total. The Morgan fingerprint density at radius 2 is 1.13 bits per heavy atom. The van der Waals surface area contributed by atoms with E-state index in [1.807, 2.05) is 83.1 Å². The van der Waals surface area contributed by atoms with Crippen LogP contribution >= 0.6 is 15.9 Å². The second-order valence-electron chi connectivity index (χ2n) is 18.9. The van der Waals surface area contributed by atoms with Crippen LogP contribution in [0.4, 0.5) is 41.4 Å². The van der Waals surface area contributed by atoms with Crippen LogP contribution in [0.5, 0.6) is 0 Å². The fourth-order valence-electron chi connectivity index (χ4n) is 8.80. The van der Waals surface area contributed by atoms with Crippen molar-refractivity contribution in [1.82, 2.24) is 19.6 Å². The van der Waals surface area contributed by atoms with Gasteiger partial charge in [-0.15, -0.1) is 0 Å². The molecule has 3 saturated heterocycles. The van der Waals surface area contributed by atoms with Crippen molar-refractivity contribution in [2.45, 2.75) is 77.3 Å². The Hall–Kier alpha value is -6.32. The van der Waals surface area contributed by atoms with Gasteiger partial charge in [0.25, 0.3) is 0 Å². The maximum Gasteiger partial charge on any atom is 0.497 e. The van der Waals surface area contributed by atoms with E-state index in [-0.39, 0.29) is 31.8 Å². The summed E-state index contributed by atoms with van der Waals surface area (Å²) in [6, 6.07) is 25.6. The number of benzene rings is 4. The molecular formula is C50H54BBrF2N8O8. The zero-order valence-electron chi connectivity index (χ0n) is 39.7. The van der Waals surface area contributed by atoms with Crippen LogP contribution in [0.15, 0.2) is 102 Å². The third kappa shape index (κ3) is 10.0. The predicted molar refractivity (Wildman–Crippen MR) is 264 cm³/mol. The smallest absolute Gasteiger partial charge is 0.441 e. The van der Waals surface area contributed by atoms with Crippen LogP contribution in [-0.2, 0) is 59.1 Å². The summed E-state index contributed by atoms with van der Waals surface area (Å²) in [6.07, 6.45) is 1.54. The number of cyclic esters (lactones) is 2. The van der Waals surface area contributed by atoms with E-state index in [0.717, 1.165) is 53.4 Å². The van der Waals surface area contributed by atoms with Crippen LogP contribution in [-0.4, -0.2) is 98.8 Å². The third-order valence-electron chi connectivity index (χ3n) is 13.4. The Labute approximate surface area is 413 Å². The van der Waals surface area contributed by atoms with E-state index in [1.54, 1.807) is 28.9 Å². The Morgan fingerprint density at radius 3 is 1.60 bits per heavy atom. The highest BCUT2D eigenvalue weighted by Gasteiger charge is 2.52. The van der Waals surface area contributed by atoms with Crippen molar-refractivity contribution >= 4 is 63.7 Å². The van der Waals surface area contributed by atoms with E-state index in [2.05, 4.69) is 60.2 Å². The van der Waals surface area contributed by atoms with Gasteiger partial charge in [-0.2, -0.15) is 10.2 Å². The molecule has 6 aromatic rings. The summed E-state index contributed by atoms with van der Waals surface area (Å²) in [4.78, 5) is 30.8. The molecule has 11 rings (SSSR count). The summed E-state index contributed by atoms with van der Waals surface area (Å²) < 4.78 is 56.0. The second kappa shape index (κ2) is 19.5. The summed E-state index contributed by atoms with van der Waals surface area (Å²) >= 11 is 3.51. The topological polar surface area (TPSA) is 160 Å². The van der Waals surface area contributed by atoms with Gasteiger partial charge < -0.3 is 38.8 Å². The number of hydrogen-bond donors (Lipinski definition) is 2. The van der Waals surface area contributed by atoms with Gasteiger partial charge >= 0.3 is 19.3 Å². The maximum atomic E-state index is 14.9. The van der Waals surface area contributed by atoms with Crippen molar-refractivity contribution in [2.75, 3.05) is 45.9 Å². The Morgan fingerprint density at radius 1 is 0.643 bits per heavy atom. The van der Waals surface area contributed by atoms with Gasteiger partial charge in [0.05, 0.1) is 48.9 Å². The minimum Gasteiger partial charge on any atom is -0.441 e. The average molecular weight is 1020 g/mol. The zero-order valence-corrected chi connectivity index (χ0v) is 41.3. The number of carbonyl (C=O) groups is 2. The van der Waals surface area contributed by atoms with E-state index in [0.29, 0.717) is 16.9 Å². The molecule has 3 fully saturated rings. The molecule has 2 N–H and O–H groups in total. The van der Waals surface area contributed by atoms with Crippen LogP contribution in [0.25, 0.3) is 11.1 Å². The Balaban J connectivity index is 0.000000136. The number of nitrogens with zero attached hydrogens (tertiary/aromatic N) is 8. The van der Waals surface area contributed by atoms with Gasteiger partial charge in [0.1, 0.15) is 23.8 Å². The summed E-state index contributed by atoms with van der Waals surface area (Å²) in [6.45, 7) is 10.9. The first-order chi connectivity index (χ1) is 33.4. The number of rotatable bonds is 8. The summed E-state index contributed by atoms with van der Waals surface area (Å²) in [7, 11) is 3.03. The Bertz CT molecular complexity index is 2920. The first-order valence-corrected chi connectivity index (χ1v) is 23.7. The minimum absolute atomic E-state index is 0.185. The van der Waals surface area contributed by atoms with E-state index in [4.69, 9.17) is 23.9 Å². The molecule has 366 valence electrons. The van der Waals surface area contributed by atoms with Gasteiger partial charge in [-0.05, 0) is 104 Å². The standard InChI is InChI=1S/C22H21FN4O3.C16H21BFNO5.C12H12BrN3/c1-25-7-6-21(24-25)26-10-15-3-2-14(8-16(15)11-26)19-5-4-17(9-20(19)23)27-12-18(13-28)30-22(27)29;1-15(2)16(3,4)24-17(23-15)12-6-5-10(7-13(12)18)19-8-11(9-20)22-14(19)21;1-15-5-4-12(14-15)16-7-9-2-3-11(13)6-10(9)8-16/h2-9,18,28H,10-13H2,1H3;5-7,11,20H,8-9H2,1-4H3;2-6H,7-8H2,1H3/t18-;;/m1../s1. The SMILES string of the molecule is CC1(C)OB(c2ccc(N3CC(CO)OC3=O)cc2F)OC1(C)C.Cn1ccc(N2Cc3ccc(-c4ccc(N5C[C@H](CO)OC5=O)cc4F)cc3C2)n1.Cn1ccc(N2Cc3ccc(Br)cc3C2)n1. The van der Waals surface area contributed by atoms with Crippen LogP contribution < -0.4 is 25.1 Å². The van der Waals surface area contributed by atoms with Crippen LogP contribution in [0.3, 0.4) is 0 Å². The number of amides is 2. The molecular weight excluding hydrogens is 969 g/mol. The van der Waals surface area contributed by atoms with Crippen molar-refractivity contribution in [3.8, 4) is 11.1 Å². The monoisotopic (exact) mass is 1020 g/mol. The molecule has 70 heavy (non-hydrogen) atoms. The predicted octanol–water partition coefficient (Wildman–Crippen LogP) is 7.21. The van der Waals surface area contributed by atoms with Crippen LogP contribution in [0.2, 0.25) is 0 Å². The lowest BCUT2D eigenvalue weighted by molar-refractivity contribution is 0.00578. The number of fused-ring (bicyclic) bond motifs is 2. The highest BCUT2D eigenvalue weighted by atomic mass is 79.9. The van der Waals surface area contributed by atoms with Gasteiger partial charge in [-0.3, -0.25) is 19.2 Å². The summed E-state index contributed by atoms with van der Waals surface area (Å²) in [5.41, 5.74) is 6.35. The zero-order chi connectivity index (χ0) is 49.6. The number of aryl methyl sites for hydroxylation is 2. The first kappa shape index (κ1) is 48.7. The molecule has 7 heterocycles. The van der Waals surface area contributed by atoms with Crippen molar-refractivity contribution in [2.24, 2.45) is 14.1 Å². The summed E-state index contributed by atoms with van der Waals surface area (Å²) in [5.74, 6) is 1.04. The first-order valence-electron chi connectivity index (χ1n) is 22.9. The quantitative estimate of drug-likeness (QED) is 0.148. The number of aliphatic hydroxyl groups excluding tert-OH is 2. The molecule has 0 radical (unpaired) electrons. The average Bonchev–Trinajstić information content (AvgIpc) is 4.20. The number of halogens is 3. The third-order valence-corrected chi connectivity index (χ3v) is 13.9. The molecule has 5 aliphatic heterocycles. The molecule has 2 aromatic heterocycles. The number of aromatic nitrogens is 4. The van der Waals surface area contributed by atoms with Crippen LogP contribution in [0.1, 0.15) is 49.9 Å². The lowest BCUT2D eigenvalue weighted by Gasteiger charge is -2.32. The number of hydrogen-bond acceptors (Lipinski definition) is 12. The van der Waals surface area contributed by atoms with Crippen molar-refractivity contribution in [1.29, 1.82) is 0 Å². The molecule has 2 atom stereocenters. The highest BCUT2D eigenvalue weighted by Crippen LogP contribution is 2.38. The van der Waals surface area contributed by atoms with Crippen molar-refractivity contribution in [3.63, 3.8) is 0 Å². The molecule has 5 aliphatic rings. The van der Waals surface area contributed by atoms with E-state index < -0.39 is 54.3 Å². The lowest BCUT2D eigenvalue weighted by Crippen LogP contribution is -2.41. The van der Waals surface area contributed by atoms with Gasteiger partial charge in [0, 0.05) is 80.3 Å². The van der Waals surface area contributed by atoms with Gasteiger partial charge in [-0.1, -0.05) is 40.2 Å². The van der Waals surface area contributed by atoms with Crippen molar-refractivity contribution < 1.29 is 47.4 Å². The lowest BCUT2D eigenvalue weighted by atomic mass is 9.78. The molecule has 0 saturated carbocycles. The minimum atomic E-state index is -0.806. The molecule has 0 bridgehead atoms. The Kier molecular flexibility index (Phi) is 13.5. The number of carbonyl (C=O) groups excluding carboxylic acids is 2. The second-order valence-corrected chi connectivity index (χ2v) is 19.8. The molecule has 0 aliphatic carbocycles. The fourth-order valence-corrected chi connectivity index (χ4v) is 9.21. The van der Waals surface area contributed by atoms with E-state index in [1.165, 1.54) is 38.6 Å². The van der Waals surface area contributed by atoms with E-state index in [9.17, 15) is 23.5 Å². The van der Waals surface area contributed by atoms with Gasteiger partial charge in [0.2, 0.25) is 0 Å². The number of aliphatic hydroxyl groups is 2. The number of anilines is 4. The summed E-state index contributed by atoms with van der Waals surface area (Å²) in [5, 5.41) is 27.1. The molecule has 4 aromatic carbocycles. The molecule has 1 unspecified atom stereocenters. The highest BCUT2D eigenvalue weighted by molar-refractivity contribution is 9.10. The fraction of sp³-hybridized carbons (Fsp3) is 0.360. The number of ether oxygens (including phenoxy) is 2. The van der Waals surface area contributed by atoms with Crippen LogP contribution in [0, 0.1) is 11.6 Å². The largest absolute Gasteiger partial charge is 0.497 e. The maximum absolute atomic E-state index is 14.9. The van der Waals surface area contributed by atoms with E-state index >= 15 is 0 Å². The normalized spacial score (nSPS) is 19.7. The van der Waals surface area contributed by atoms with Crippen molar-refractivity contribution in [3.05, 3.63) is 136 Å². The molecule has 0 spiro atoms.